The van der Waals surface area contributed by atoms with Gasteiger partial charge < -0.3 is 5.11 Å². The van der Waals surface area contributed by atoms with E-state index in [0.717, 1.165) is 11.1 Å². The molecule has 0 saturated carbocycles. The van der Waals surface area contributed by atoms with Crippen LogP contribution in [0.5, 0.6) is 0 Å². The molecule has 0 spiro atoms. The fourth-order valence-electron chi connectivity index (χ4n) is 2.04. The van der Waals surface area contributed by atoms with Crippen molar-refractivity contribution < 1.29 is 9.90 Å². The Balaban J connectivity index is 2.29. The first-order valence-corrected chi connectivity index (χ1v) is 6.03. The molecule has 3 rings (SSSR count). The van der Waals surface area contributed by atoms with Crippen LogP contribution in [0.3, 0.4) is 0 Å². The highest BCUT2D eigenvalue weighted by Gasteiger charge is 2.12. The molecule has 2 heterocycles. The number of pyridine rings is 1. The van der Waals surface area contributed by atoms with Crippen molar-refractivity contribution in [3.63, 3.8) is 0 Å². The highest BCUT2D eigenvalue weighted by molar-refractivity contribution is 5.89. The van der Waals surface area contributed by atoms with E-state index in [-0.39, 0.29) is 0 Å². The average molecular weight is 262 g/mol. The Labute approximate surface area is 115 Å². The van der Waals surface area contributed by atoms with Gasteiger partial charge in [-0.05, 0) is 12.1 Å². The minimum atomic E-state index is -1.15. The molecule has 0 amide bonds. The van der Waals surface area contributed by atoms with E-state index in [0.29, 0.717) is 11.3 Å². The van der Waals surface area contributed by atoms with Crippen molar-refractivity contribution in [3.05, 3.63) is 60.3 Å². The zero-order chi connectivity index (χ0) is 13.9. The predicted molar refractivity (Wildman–Crippen MR) is 75.1 cm³/mol. The molecule has 4 heteroatoms. The number of hydrogen-bond acceptors (Lipinski definition) is 2. The minimum absolute atomic E-state index is 0.624. The van der Waals surface area contributed by atoms with Crippen molar-refractivity contribution in [2.45, 2.75) is 0 Å². The maximum Gasteiger partial charge on any atom is 0.382 e. The van der Waals surface area contributed by atoms with Gasteiger partial charge in [0, 0.05) is 17.7 Å². The lowest BCUT2D eigenvalue weighted by molar-refractivity contribution is -0.130. The smallest absolute Gasteiger partial charge is 0.382 e. The molecule has 0 aliphatic heterocycles. The van der Waals surface area contributed by atoms with Gasteiger partial charge in [-0.25, -0.2) is 9.31 Å². The predicted octanol–water partition coefficient (Wildman–Crippen LogP) is 2.44. The third-order valence-electron chi connectivity index (χ3n) is 2.88. The SMILES string of the molecule is O=C(O)C#Cc1c(-c2ccccc2)nn2ccccc12. The number of benzene rings is 1. The zero-order valence-electron chi connectivity index (χ0n) is 10.4. The summed E-state index contributed by atoms with van der Waals surface area (Å²) in [5, 5.41) is 13.2. The monoisotopic (exact) mass is 262 g/mol. The summed E-state index contributed by atoms with van der Waals surface area (Å²) in [5.41, 5.74) is 3.01. The van der Waals surface area contributed by atoms with Gasteiger partial charge in [-0.2, -0.15) is 5.10 Å². The number of carboxylic acid groups (broad SMARTS) is 1. The first kappa shape index (κ1) is 12.0. The average Bonchev–Trinajstić information content (AvgIpc) is 2.84. The van der Waals surface area contributed by atoms with E-state index in [1.165, 1.54) is 0 Å². The molecule has 1 aromatic carbocycles. The Morgan fingerprint density at radius 2 is 1.85 bits per heavy atom. The van der Waals surface area contributed by atoms with Crippen LogP contribution in [0.1, 0.15) is 5.56 Å². The standard InChI is InChI=1S/C16H10N2O2/c19-15(20)10-9-13-14-8-4-5-11-18(14)17-16(13)12-6-2-1-3-7-12/h1-8,11H,(H,19,20). The fourth-order valence-corrected chi connectivity index (χ4v) is 2.04. The van der Waals surface area contributed by atoms with Gasteiger partial charge in [0.05, 0.1) is 11.1 Å². The third-order valence-corrected chi connectivity index (χ3v) is 2.88. The van der Waals surface area contributed by atoms with E-state index in [1.54, 1.807) is 4.52 Å². The molecule has 4 nitrogen and oxygen atoms in total. The van der Waals surface area contributed by atoms with Crippen LogP contribution in [0.2, 0.25) is 0 Å². The second-order valence-corrected chi connectivity index (χ2v) is 4.18. The summed E-state index contributed by atoms with van der Waals surface area (Å²) in [4.78, 5) is 10.7. The lowest BCUT2D eigenvalue weighted by atomic mass is 10.1. The summed E-state index contributed by atoms with van der Waals surface area (Å²) in [5.74, 6) is 3.71. The van der Waals surface area contributed by atoms with Crippen molar-refractivity contribution in [1.82, 2.24) is 9.61 Å². The molecule has 0 saturated heterocycles. The van der Waals surface area contributed by atoms with Crippen LogP contribution in [0.4, 0.5) is 0 Å². The van der Waals surface area contributed by atoms with Gasteiger partial charge in [0.15, 0.2) is 0 Å². The molecule has 0 aliphatic carbocycles. The number of nitrogens with zero attached hydrogens (tertiary/aromatic N) is 2. The van der Waals surface area contributed by atoms with Gasteiger partial charge in [-0.1, -0.05) is 42.3 Å². The van der Waals surface area contributed by atoms with Crippen molar-refractivity contribution >= 4 is 11.5 Å². The molecule has 0 fully saturated rings. The Bertz CT molecular complexity index is 839. The third kappa shape index (κ3) is 2.13. The lowest BCUT2D eigenvalue weighted by Crippen LogP contribution is -1.88. The molecule has 0 bridgehead atoms. The van der Waals surface area contributed by atoms with Gasteiger partial charge in [-0.15, -0.1) is 0 Å². The number of aliphatic carboxylic acids is 1. The van der Waals surface area contributed by atoms with Crippen LogP contribution in [0.15, 0.2) is 54.7 Å². The largest absolute Gasteiger partial charge is 0.472 e. The van der Waals surface area contributed by atoms with E-state index in [9.17, 15) is 4.79 Å². The van der Waals surface area contributed by atoms with E-state index < -0.39 is 5.97 Å². The second kappa shape index (κ2) is 4.90. The van der Waals surface area contributed by atoms with E-state index in [1.807, 2.05) is 54.7 Å². The molecule has 0 radical (unpaired) electrons. The zero-order valence-corrected chi connectivity index (χ0v) is 10.4. The Hall–Kier alpha value is -3.06. The van der Waals surface area contributed by atoms with Gasteiger partial charge in [0.2, 0.25) is 0 Å². The van der Waals surface area contributed by atoms with Crippen LogP contribution in [0, 0.1) is 11.8 Å². The van der Waals surface area contributed by atoms with Gasteiger partial charge in [0.1, 0.15) is 5.69 Å². The number of hydrogen-bond donors (Lipinski definition) is 1. The van der Waals surface area contributed by atoms with E-state index in [2.05, 4.69) is 16.9 Å². The summed E-state index contributed by atoms with van der Waals surface area (Å²) in [6.45, 7) is 0. The van der Waals surface area contributed by atoms with Gasteiger partial charge >= 0.3 is 5.97 Å². The van der Waals surface area contributed by atoms with Crippen molar-refractivity contribution in [1.29, 1.82) is 0 Å². The number of fused-ring (bicyclic) bond motifs is 1. The number of carboxylic acids is 1. The van der Waals surface area contributed by atoms with Crippen LogP contribution >= 0.6 is 0 Å². The lowest BCUT2D eigenvalue weighted by Gasteiger charge is -1.96. The quantitative estimate of drug-likeness (QED) is 0.685. The summed E-state index contributed by atoms with van der Waals surface area (Å²) >= 11 is 0. The Kier molecular flexibility index (Phi) is 2.94. The van der Waals surface area contributed by atoms with Crippen molar-refractivity contribution in [2.75, 3.05) is 0 Å². The summed E-state index contributed by atoms with van der Waals surface area (Å²) in [7, 11) is 0. The van der Waals surface area contributed by atoms with Gasteiger partial charge in [-0.3, -0.25) is 0 Å². The van der Waals surface area contributed by atoms with Crippen molar-refractivity contribution in [3.8, 4) is 23.1 Å². The molecule has 0 atom stereocenters. The van der Waals surface area contributed by atoms with Crippen molar-refractivity contribution in [2.24, 2.45) is 0 Å². The highest BCUT2D eigenvalue weighted by Crippen LogP contribution is 2.25. The maximum absolute atomic E-state index is 10.7. The normalized spacial score (nSPS) is 10.0. The number of aromatic nitrogens is 2. The fraction of sp³-hybridized carbons (Fsp3) is 0. The first-order valence-electron chi connectivity index (χ1n) is 6.03. The maximum atomic E-state index is 10.7. The topological polar surface area (TPSA) is 54.6 Å². The summed E-state index contributed by atoms with van der Waals surface area (Å²) in [6.07, 6.45) is 1.81. The summed E-state index contributed by atoms with van der Waals surface area (Å²) < 4.78 is 1.70. The van der Waals surface area contributed by atoms with E-state index in [4.69, 9.17) is 5.11 Å². The molecule has 20 heavy (non-hydrogen) atoms. The molecule has 0 aliphatic rings. The molecule has 96 valence electrons. The Morgan fingerprint density at radius 3 is 2.60 bits per heavy atom. The minimum Gasteiger partial charge on any atom is -0.472 e. The first-order chi connectivity index (χ1) is 9.75. The molecule has 2 aromatic heterocycles. The van der Waals surface area contributed by atoms with Crippen LogP contribution in [-0.2, 0) is 4.79 Å². The van der Waals surface area contributed by atoms with Crippen LogP contribution in [0.25, 0.3) is 16.8 Å². The van der Waals surface area contributed by atoms with Crippen LogP contribution < -0.4 is 0 Å². The molecule has 0 unspecified atom stereocenters. The van der Waals surface area contributed by atoms with E-state index >= 15 is 0 Å². The second-order valence-electron chi connectivity index (χ2n) is 4.18. The highest BCUT2D eigenvalue weighted by atomic mass is 16.4. The molecular formula is C16H10N2O2. The summed E-state index contributed by atoms with van der Waals surface area (Å²) in [6, 6.07) is 15.2. The Morgan fingerprint density at radius 1 is 1.10 bits per heavy atom. The van der Waals surface area contributed by atoms with Gasteiger partial charge in [0.25, 0.3) is 0 Å². The molecule has 1 N–H and O–H groups in total. The molecule has 3 aromatic rings. The number of rotatable bonds is 1. The number of carbonyl (C=O) groups is 1. The molecular weight excluding hydrogens is 252 g/mol. The van der Waals surface area contributed by atoms with Crippen LogP contribution in [-0.4, -0.2) is 20.7 Å².